The van der Waals surface area contributed by atoms with E-state index in [1.165, 1.54) is 0 Å². The Balaban J connectivity index is 0.00000361. The monoisotopic (exact) mass is 300 g/mol. The molecule has 0 aromatic heterocycles. The van der Waals surface area contributed by atoms with Gasteiger partial charge in [-0.25, -0.2) is 0 Å². The van der Waals surface area contributed by atoms with Crippen molar-refractivity contribution < 1.29 is 9.53 Å². The molecule has 4 nitrogen and oxygen atoms in total. The third-order valence-corrected chi connectivity index (χ3v) is 2.87. The zero-order valence-corrected chi connectivity index (χ0v) is 13.2. The van der Waals surface area contributed by atoms with Gasteiger partial charge in [-0.1, -0.05) is 12.1 Å². The molecule has 0 fully saturated rings. The van der Waals surface area contributed by atoms with Gasteiger partial charge in [0, 0.05) is 12.5 Å². The van der Waals surface area contributed by atoms with Crippen LogP contribution in [0.15, 0.2) is 24.3 Å². The van der Waals surface area contributed by atoms with Crippen molar-refractivity contribution in [2.24, 2.45) is 5.73 Å². The van der Waals surface area contributed by atoms with Gasteiger partial charge in [0.2, 0.25) is 5.91 Å². The van der Waals surface area contributed by atoms with Crippen LogP contribution in [0.5, 0.6) is 5.75 Å². The molecular formula is C15H25ClN2O2. The van der Waals surface area contributed by atoms with Crippen LogP contribution in [-0.4, -0.2) is 18.6 Å². The fourth-order valence-corrected chi connectivity index (χ4v) is 1.80. The van der Waals surface area contributed by atoms with Crippen molar-refractivity contribution in [1.82, 2.24) is 5.32 Å². The largest absolute Gasteiger partial charge is 0.494 e. The van der Waals surface area contributed by atoms with Crippen molar-refractivity contribution in [2.45, 2.75) is 45.7 Å². The maximum atomic E-state index is 11.7. The highest BCUT2D eigenvalue weighted by Crippen LogP contribution is 2.19. The Bertz CT molecular complexity index is 411. The lowest BCUT2D eigenvalue weighted by Gasteiger charge is -2.16. The number of rotatable bonds is 7. The van der Waals surface area contributed by atoms with Crippen molar-refractivity contribution >= 4 is 18.3 Å². The number of hydrogen-bond donors (Lipinski definition) is 2. The van der Waals surface area contributed by atoms with Crippen molar-refractivity contribution in [1.29, 1.82) is 0 Å². The van der Waals surface area contributed by atoms with Crippen LogP contribution < -0.4 is 15.8 Å². The first-order valence-electron chi connectivity index (χ1n) is 6.80. The van der Waals surface area contributed by atoms with Crippen LogP contribution in [0, 0.1) is 0 Å². The minimum atomic E-state index is -0.0269. The lowest BCUT2D eigenvalue weighted by molar-refractivity contribution is -0.121. The highest BCUT2D eigenvalue weighted by molar-refractivity contribution is 5.85. The van der Waals surface area contributed by atoms with E-state index in [4.69, 9.17) is 10.5 Å². The van der Waals surface area contributed by atoms with E-state index in [9.17, 15) is 4.79 Å². The normalized spacial score (nSPS) is 13.0. The fourth-order valence-electron chi connectivity index (χ4n) is 1.80. The second-order valence-corrected chi connectivity index (χ2v) is 4.81. The molecule has 2 unspecified atom stereocenters. The lowest BCUT2D eigenvalue weighted by Crippen LogP contribution is -2.28. The van der Waals surface area contributed by atoms with E-state index < -0.39 is 0 Å². The maximum Gasteiger partial charge on any atom is 0.220 e. The van der Waals surface area contributed by atoms with Crippen LogP contribution in [0.1, 0.15) is 45.2 Å². The van der Waals surface area contributed by atoms with Crippen molar-refractivity contribution in [2.75, 3.05) is 6.61 Å². The van der Waals surface area contributed by atoms with Gasteiger partial charge in [0.1, 0.15) is 5.75 Å². The number of amides is 1. The average Bonchev–Trinajstić information content (AvgIpc) is 2.37. The van der Waals surface area contributed by atoms with E-state index in [1.807, 2.05) is 45.0 Å². The van der Waals surface area contributed by atoms with Gasteiger partial charge in [-0.15, -0.1) is 12.4 Å². The summed E-state index contributed by atoms with van der Waals surface area (Å²) in [5.41, 5.74) is 6.68. The number of benzene rings is 1. The molecule has 0 aliphatic heterocycles. The van der Waals surface area contributed by atoms with E-state index in [0.29, 0.717) is 19.4 Å². The van der Waals surface area contributed by atoms with Crippen molar-refractivity contribution in [3.8, 4) is 5.75 Å². The minimum Gasteiger partial charge on any atom is -0.494 e. The van der Waals surface area contributed by atoms with Crippen LogP contribution in [0.4, 0.5) is 0 Å². The van der Waals surface area contributed by atoms with E-state index in [0.717, 1.165) is 11.3 Å². The van der Waals surface area contributed by atoms with Gasteiger partial charge in [-0.05, 0) is 44.9 Å². The fraction of sp³-hybridized carbons (Fsp3) is 0.533. The molecule has 5 heteroatoms. The van der Waals surface area contributed by atoms with Crippen molar-refractivity contribution in [3.05, 3.63) is 29.8 Å². The summed E-state index contributed by atoms with van der Waals surface area (Å²) >= 11 is 0. The third kappa shape index (κ3) is 6.78. The quantitative estimate of drug-likeness (QED) is 0.814. The summed E-state index contributed by atoms with van der Waals surface area (Å²) in [4.78, 5) is 11.7. The zero-order chi connectivity index (χ0) is 14.3. The van der Waals surface area contributed by atoms with Crippen molar-refractivity contribution in [3.63, 3.8) is 0 Å². The van der Waals surface area contributed by atoms with Crippen LogP contribution in [0.25, 0.3) is 0 Å². The van der Waals surface area contributed by atoms with E-state index in [-0.39, 0.29) is 30.4 Å². The molecule has 1 rings (SSSR count). The summed E-state index contributed by atoms with van der Waals surface area (Å²) in [5.74, 6) is 0.864. The SMILES string of the molecule is CCOc1cccc(C(C)NC(=O)CCC(C)N)c1.Cl. The molecule has 1 aromatic rings. The third-order valence-electron chi connectivity index (χ3n) is 2.87. The predicted molar refractivity (Wildman–Crippen MR) is 84.3 cm³/mol. The van der Waals surface area contributed by atoms with E-state index in [2.05, 4.69) is 5.32 Å². The molecule has 0 aliphatic rings. The topological polar surface area (TPSA) is 64.3 Å². The first-order valence-corrected chi connectivity index (χ1v) is 6.80. The first kappa shape index (κ1) is 18.7. The van der Waals surface area contributed by atoms with Crippen LogP contribution in [-0.2, 0) is 4.79 Å². The standard InChI is InChI=1S/C15H24N2O2.ClH/c1-4-19-14-7-5-6-13(10-14)12(3)17-15(18)9-8-11(2)16;/h5-7,10-12H,4,8-9,16H2,1-3H3,(H,17,18);1H. The summed E-state index contributed by atoms with van der Waals surface area (Å²) in [7, 11) is 0. The number of ether oxygens (including phenoxy) is 1. The molecule has 0 saturated heterocycles. The lowest BCUT2D eigenvalue weighted by atomic mass is 10.1. The highest BCUT2D eigenvalue weighted by atomic mass is 35.5. The summed E-state index contributed by atoms with van der Waals surface area (Å²) in [6.07, 6.45) is 1.17. The molecule has 0 heterocycles. The summed E-state index contributed by atoms with van der Waals surface area (Å²) in [6.45, 7) is 6.46. The molecule has 20 heavy (non-hydrogen) atoms. The van der Waals surface area contributed by atoms with Gasteiger partial charge in [0.25, 0.3) is 0 Å². The molecule has 0 radical (unpaired) electrons. The highest BCUT2D eigenvalue weighted by Gasteiger charge is 2.10. The Hall–Kier alpha value is -1.26. The van der Waals surface area contributed by atoms with Crippen LogP contribution in [0.2, 0.25) is 0 Å². The average molecular weight is 301 g/mol. The van der Waals surface area contributed by atoms with Gasteiger partial charge >= 0.3 is 0 Å². The molecule has 3 N–H and O–H groups in total. The van der Waals surface area contributed by atoms with E-state index in [1.54, 1.807) is 0 Å². The van der Waals surface area contributed by atoms with Gasteiger partial charge in [-0.2, -0.15) is 0 Å². The molecule has 0 bridgehead atoms. The predicted octanol–water partition coefficient (Wildman–Crippen LogP) is 2.81. The number of nitrogens with two attached hydrogens (primary N) is 1. The number of hydrogen-bond acceptors (Lipinski definition) is 3. The Kier molecular flexibility index (Phi) is 9.01. The summed E-state index contributed by atoms with van der Waals surface area (Å²) in [6, 6.07) is 7.82. The Morgan fingerprint density at radius 2 is 2.10 bits per heavy atom. The molecule has 1 amide bonds. The van der Waals surface area contributed by atoms with Gasteiger partial charge < -0.3 is 15.8 Å². The minimum absolute atomic E-state index is 0. The Morgan fingerprint density at radius 3 is 2.70 bits per heavy atom. The second-order valence-electron chi connectivity index (χ2n) is 4.81. The number of halogens is 1. The second kappa shape index (κ2) is 9.61. The van der Waals surface area contributed by atoms with Gasteiger partial charge in [0.15, 0.2) is 0 Å². The van der Waals surface area contributed by atoms with Crippen LogP contribution >= 0.6 is 12.4 Å². The summed E-state index contributed by atoms with van der Waals surface area (Å²) in [5, 5.41) is 2.97. The molecular weight excluding hydrogens is 276 g/mol. The van der Waals surface area contributed by atoms with Gasteiger partial charge in [-0.3, -0.25) is 4.79 Å². The molecule has 0 saturated carbocycles. The Labute approximate surface area is 127 Å². The molecule has 0 spiro atoms. The Morgan fingerprint density at radius 1 is 1.40 bits per heavy atom. The van der Waals surface area contributed by atoms with Crippen LogP contribution in [0.3, 0.4) is 0 Å². The molecule has 1 aromatic carbocycles. The maximum absolute atomic E-state index is 11.7. The van der Waals surface area contributed by atoms with Gasteiger partial charge in [0.05, 0.1) is 12.6 Å². The van der Waals surface area contributed by atoms with E-state index >= 15 is 0 Å². The summed E-state index contributed by atoms with van der Waals surface area (Å²) < 4.78 is 5.45. The zero-order valence-electron chi connectivity index (χ0n) is 12.4. The number of carbonyl (C=O) groups excluding carboxylic acids is 1. The molecule has 0 aliphatic carbocycles. The number of carbonyl (C=O) groups is 1. The smallest absolute Gasteiger partial charge is 0.220 e. The molecule has 114 valence electrons. The molecule has 2 atom stereocenters. The first-order chi connectivity index (χ1) is 9.02. The number of nitrogens with one attached hydrogen (secondary N) is 1.